The van der Waals surface area contributed by atoms with Gasteiger partial charge in [-0.3, -0.25) is 4.79 Å². The highest BCUT2D eigenvalue weighted by atomic mass is 32.1. The molecule has 0 aromatic carbocycles. The lowest BCUT2D eigenvalue weighted by Gasteiger charge is -2.32. The molecule has 1 aliphatic carbocycles. The molecule has 8 heteroatoms. The number of likely N-dealkylation sites (tertiary alicyclic amines) is 1. The zero-order valence-corrected chi connectivity index (χ0v) is 14.4. The molecule has 0 bridgehead atoms. The number of hydrogen-bond acceptors (Lipinski definition) is 6. The highest BCUT2D eigenvalue weighted by Crippen LogP contribution is 2.41. The molecule has 1 amide bonds. The van der Waals surface area contributed by atoms with Gasteiger partial charge in [-0.15, -0.1) is 11.3 Å². The topological polar surface area (TPSA) is 96.3 Å². The monoisotopic (exact) mass is 358 g/mol. The Morgan fingerprint density at radius 2 is 1.92 bits per heavy atom. The second-order valence-corrected chi connectivity index (χ2v) is 7.55. The first-order chi connectivity index (χ1) is 12.1. The molecular formula is C17H18N4O3S. The summed E-state index contributed by atoms with van der Waals surface area (Å²) in [7, 11) is 0. The van der Waals surface area contributed by atoms with Crippen LogP contribution >= 0.6 is 11.3 Å². The molecule has 0 unspecified atom stereocenters. The summed E-state index contributed by atoms with van der Waals surface area (Å²) in [4.78, 5) is 39.3. The summed E-state index contributed by atoms with van der Waals surface area (Å²) >= 11 is 1.21. The van der Waals surface area contributed by atoms with E-state index >= 15 is 0 Å². The third-order valence-corrected chi connectivity index (χ3v) is 6.06. The molecule has 1 saturated heterocycles. The lowest BCUT2D eigenvalue weighted by Crippen LogP contribution is -2.46. The first-order valence-electron chi connectivity index (χ1n) is 8.44. The van der Waals surface area contributed by atoms with Crippen LogP contribution in [0.15, 0.2) is 24.7 Å². The molecule has 1 aliphatic heterocycles. The lowest BCUT2D eigenvalue weighted by atomic mass is 9.85. The van der Waals surface area contributed by atoms with Gasteiger partial charge in [0.1, 0.15) is 10.9 Å². The van der Waals surface area contributed by atoms with Crippen LogP contribution in [0, 0.1) is 5.92 Å². The molecule has 0 radical (unpaired) electrons. The third-order valence-electron chi connectivity index (χ3n) is 5.08. The van der Waals surface area contributed by atoms with Crippen LogP contribution in [0.2, 0.25) is 0 Å². The number of carboxylic acid groups (broad SMARTS) is 1. The molecule has 1 saturated carbocycles. The Hall–Kier alpha value is -2.35. The van der Waals surface area contributed by atoms with E-state index in [1.165, 1.54) is 17.5 Å². The number of nitrogens with zero attached hydrogens (tertiary/aromatic N) is 4. The Balaban J connectivity index is 1.63. The second kappa shape index (κ2) is 6.51. The third kappa shape index (κ3) is 2.90. The minimum absolute atomic E-state index is 0.0286. The van der Waals surface area contributed by atoms with Crippen molar-refractivity contribution in [2.24, 2.45) is 5.92 Å². The number of carbonyl (C=O) groups is 2. The fourth-order valence-electron chi connectivity index (χ4n) is 3.99. The zero-order valence-electron chi connectivity index (χ0n) is 13.5. The van der Waals surface area contributed by atoms with E-state index in [1.807, 2.05) is 0 Å². The van der Waals surface area contributed by atoms with Crippen molar-refractivity contribution >= 4 is 23.2 Å². The molecule has 2 fully saturated rings. The van der Waals surface area contributed by atoms with Gasteiger partial charge >= 0.3 is 5.97 Å². The molecule has 2 aromatic rings. The predicted octanol–water partition coefficient (Wildman–Crippen LogP) is 2.46. The molecule has 3 heterocycles. The van der Waals surface area contributed by atoms with Crippen molar-refractivity contribution in [2.45, 2.75) is 44.2 Å². The van der Waals surface area contributed by atoms with E-state index in [1.54, 1.807) is 23.4 Å². The molecule has 3 atom stereocenters. The van der Waals surface area contributed by atoms with Gasteiger partial charge in [-0.25, -0.2) is 19.7 Å². The quantitative estimate of drug-likeness (QED) is 0.905. The van der Waals surface area contributed by atoms with E-state index in [0.29, 0.717) is 28.0 Å². The predicted molar refractivity (Wildman–Crippen MR) is 91.1 cm³/mol. The molecule has 0 spiro atoms. The molecule has 130 valence electrons. The van der Waals surface area contributed by atoms with E-state index in [-0.39, 0.29) is 11.9 Å². The molecule has 25 heavy (non-hydrogen) atoms. The van der Waals surface area contributed by atoms with Gasteiger partial charge in [-0.05, 0) is 31.2 Å². The van der Waals surface area contributed by atoms with Crippen LogP contribution in [0.25, 0.3) is 10.8 Å². The lowest BCUT2D eigenvalue weighted by molar-refractivity contribution is -0.141. The number of rotatable bonds is 3. The van der Waals surface area contributed by atoms with Gasteiger partial charge in [-0.2, -0.15) is 0 Å². The maximum absolute atomic E-state index is 13.1. The SMILES string of the molecule is O=C(O)[C@@H]1C[C@@H]2CCCC[C@H]2N1C(=O)c1cnc(-c2ncccn2)s1. The van der Waals surface area contributed by atoms with Gasteiger partial charge in [0.25, 0.3) is 5.91 Å². The number of aliphatic carboxylic acids is 1. The molecular weight excluding hydrogens is 340 g/mol. The highest BCUT2D eigenvalue weighted by molar-refractivity contribution is 7.16. The first kappa shape index (κ1) is 16.1. The normalized spacial score (nSPS) is 25.6. The van der Waals surface area contributed by atoms with E-state index in [4.69, 9.17) is 0 Å². The Labute approximate surface area is 148 Å². The maximum atomic E-state index is 13.1. The van der Waals surface area contributed by atoms with Gasteiger partial charge in [-0.1, -0.05) is 12.8 Å². The standard InChI is InChI=1S/C17H18N4O3S/c22-16(13-9-20-15(25-13)14-18-6-3-7-19-14)21-11-5-2-1-4-10(11)8-12(21)17(23)24/h3,6-7,9-12H,1-2,4-5,8H2,(H,23,24)/t10-,11+,12-/m0/s1. The number of fused-ring (bicyclic) bond motifs is 1. The van der Waals surface area contributed by atoms with Crippen LogP contribution in [0.3, 0.4) is 0 Å². The average molecular weight is 358 g/mol. The number of carbonyl (C=O) groups excluding carboxylic acids is 1. The number of aromatic nitrogens is 3. The Morgan fingerprint density at radius 1 is 1.16 bits per heavy atom. The van der Waals surface area contributed by atoms with Crippen molar-refractivity contribution in [2.75, 3.05) is 0 Å². The van der Waals surface area contributed by atoms with Crippen LogP contribution < -0.4 is 0 Å². The summed E-state index contributed by atoms with van der Waals surface area (Å²) in [6.07, 6.45) is 9.36. The summed E-state index contributed by atoms with van der Waals surface area (Å²) < 4.78 is 0. The molecule has 4 rings (SSSR count). The number of hydrogen-bond donors (Lipinski definition) is 1. The van der Waals surface area contributed by atoms with Crippen molar-refractivity contribution in [1.82, 2.24) is 19.9 Å². The molecule has 7 nitrogen and oxygen atoms in total. The smallest absolute Gasteiger partial charge is 0.326 e. The summed E-state index contributed by atoms with van der Waals surface area (Å²) in [5.74, 6) is -0.387. The number of carboxylic acids is 1. The van der Waals surface area contributed by atoms with Crippen LogP contribution in [-0.2, 0) is 4.79 Å². The van der Waals surface area contributed by atoms with Crippen LogP contribution in [0.4, 0.5) is 0 Å². The van der Waals surface area contributed by atoms with E-state index < -0.39 is 12.0 Å². The number of amides is 1. The van der Waals surface area contributed by atoms with Crippen LogP contribution in [-0.4, -0.2) is 48.9 Å². The Bertz CT molecular complexity index is 794. The van der Waals surface area contributed by atoms with Crippen molar-refractivity contribution in [1.29, 1.82) is 0 Å². The first-order valence-corrected chi connectivity index (χ1v) is 9.25. The van der Waals surface area contributed by atoms with Gasteiger partial charge in [0.2, 0.25) is 0 Å². The average Bonchev–Trinajstić information content (AvgIpc) is 3.27. The van der Waals surface area contributed by atoms with Crippen molar-refractivity contribution in [3.8, 4) is 10.8 Å². The van der Waals surface area contributed by atoms with Crippen molar-refractivity contribution in [3.05, 3.63) is 29.5 Å². The Morgan fingerprint density at radius 3 is 2.68 bits per heavy atom. The zero-order chi connectivity index (χ0) is 17.4. The van der Waals surface area contributed by atoms with Gasteiger partial charge in [0.05, 0.1) is 6.20 Å². The van der Waals surface area contributed by atoms with Crippen molar-refractivity contribution in [3.63, 3.8) is 0 Å². The number of thiazole rings is 1. The molecule has 2 aromatic heterocycles. The summed E-state index contributed by atoms with van der Waals surface area (Å²) in [6.45, 7) is 0. The largest absolute Gasteiger partial charge is 0.480 e. The van der Waals surface area contributed by atoms with Gasteiger partial charge in [0, 0.05) is 18.4 Å². The minimum Gasteiger partial charge on any atom is -0.480 e. The Kier molecular flexibility index (Phi) is 4.20. The van der Waals surface area contributed by atoms with Gasteiger partial charge < -0.3 is 10.0 Å². The van der Waals surface area contributed by atoms with E-state index in [2.05, 4.69) is 15.0 Å². The second-order valence-electron chi connectivity index (χ2n) is 6.52. The summed E-state index contributed by atoms with van der Waals surface area (Å²) in [6, 6.07) is 1.01. The molecule has 1 N–H and O–H groups in total. The fourth-order valence-corrected chi connectivity index (χ4v) is 4.79. The van der Waals surface area contributed by atoms with E-state index in [9.17, 15) is 14.7 Å². The van der Waals surface area contributed by atoms with Crippen LogP contribution in [0.1, 0.15) is 41.8 Å². The summed E-state index contributed by atoms with van der Waals surface area (Å²) in [5.41, 5.74) is 0. The maximum Gasteiger partial charge on any atom is 0.326 e. The van der Waals surface area contributed by atoms with E-state index in [0.717, 1.165) is 25.7 Å². The fraction of sp³-hybridized carbons (Fsp3) is 0.471. The molecule has 2 aliphatic rings. The van der Waals surface area contributed by atoms with Crippen LogP contribution in [0.5, 0.6) is 0 Å². The summed E-state index contributed by atoms with van der Waals surface area (Å²) in [5, 5.41) is 10.1. The minimum atomic E-state index is -0.918. The van der Waals surface area contributed by atoms with Gasteiger partial charge in [0.15, 0.2) is 10.8 Å². The highest BCUT2D eigenvalue weighted by Gasteiger charge is 2.48. The van der Waals surface area contributed by atoms with Crippen molar-refractivity contribution < 1.29 is 14.7 Å².